The van der Waals surface area contributed by atoms with Crippen molar-refractivity contribution in [1.29, 1.82) is 0 Å². The van der Waals surface area contributed by atoms with Gasteiger partial charge >= 0.3 is 12.2 Å². The highest BCUT2D eigenvalue weighted by molar-refractivity contribution is 9.10. The number of ether oxygens (including phenoxy) is 3. The molecule has 34 heavy (non-hydrogen) atoms. The van der Waals surface area contributed by atoms with E-state index in [2.05, 4.69) is 15.9 Å². The number of hydrogen-bond donors (Lipinski definition) is 0. The summed E-state index contributed by atoms with van der Waals surface area (Å²) in [6.07, 6.45) is -0.515. The van der Waals surface area contributed by atoms with Crippen LogP contribution in [0.3, 0.4) is 0 Å². The van der Waals surface area contributed by atoms with Crippen molar-refractivity contribution < 1.29 is 28.2 Å². The SMILES string of the molecule is CC(C)(C)OC(=O)N1CCN(C(=O)OCc2ccccc2)C[C@H]1CCOc1ccc(Br)cc1F. The second-order valence-electron chi connectivity index (χ2n) is 9.03. The topological polar surface area (TPSA) is 68.3 Å². The van der Waals surface area contributed by atoms with Gasteiger partial charge in [0.2, 0.25) is 0 Å². The Balaban J connectivity index is 1.63. The number of nitrogens with zero attached hydrogens (tertiary/aromatic N) is 2. The highest BCUT2D eigenvalue weighted by Crippen LogP contribution is 2.23. The molecule has 0 radical (unpaired) electrons. The minimum absolute atomic E-state index is 0.127. The van der Waals surface area contributed by atoms with Crippen LogP contribution in [0.5, 0.6) is 5.75 Å². The van der Waals surface area contributed by atoms with E-state index in [1.807, 2.05) is 30.3 Å². The molecular formula is C25H30BrFN2O5. The number of rotatable bonds is 6. The van der Waals surface area contributed by atoms with E-state index in [1.54, 1.807) is 42.7 Å². The Kier molecular flexibility index (Phi) is 8.77. The fraction of sp³-hybridized carbons (Fsp3) is 0.440. The van der Waals surface area contributed by atoms with E-state index in [-0.39, 0.29) is 31.5 Å². The molecule has 0 spiro atoms. The van der Waals surface area contributed by atoms with Crippen LogP contribution in [0.1, 0.15) is 32.8 Å². The molecule has 1 aliphatic heterocycles. The Hall–Kier alpha value is -2.81. The molecule has 2 aromatic carbocycles. The van der Waals surface area contributed by atoms with Crippen molar-refractivity contribution >= 4 is 28.1 Å². The first-order valence-corrected chi connectivity index (χ1v) is 11.9. The van der Waals surface area contributed by atoms with Crippen molar-refractivity contribution in [2.75, 3.05) is 26.2 Å². The summed E-state index contributed by atoms with van der Waals surface area (Å²) in [6, 6.07) is 13.6. The van der Waals surface area contributed by atoms with E-state index in [4.69, 9.17) is 14.2 Å². The Morgan fingerprint density at radius 1 is 1.09 bits per heavy atom. The van der Waals surface area contributed by atoms with Crippen LogP contribution in [-0.4, -0.2) is 59.9 Å². The van der Waals surface area contributed by atoms with E-state index in [1.165, 1.54) is 6.07 Å². The van der Waals surface area contributed by atoms with Gasteiger partial charge in [0.05, 0.1) is 12.6 Å². The summed E-state index contributed by atoms with van der Waals surface area (Å²) in [7, 11) is 0. The number of benzene rings is 2. The van der Waals surface area contributed by atoms with E-state index < -0.39 is 23.6 Å². The zero-order chi connectivity index (χ0) is 24.7. The van der Waals surface area contributed by atoms with Crippen molar-refractivity contribution in [3.05, 3.63) is 64.4 Å². The largest absolute Gasteiger partial charge is 0.490 e. The lowest BCUT2D eigenvalue weighted by Gasteiger charge is -2.41. The van der Waals surface area contributed by atoms with Crippen LogP contribution in [0.25, 0.3) is 0 Å². The molecule has 0 unspecified atom stereocenters. The fourth-order valence-electron chi connectivity index (χ4n) is 3.54. The van der Waals surface area contributed by atoms with Gasteiger partial charge in [-0.1, -0.05) is 46.3 Å². The van der Waals surface area contributed by atoms with Crippen LogP contribution in [0.15, 0.2) is 53.0 Å². The highest BCUT2D eigenvalue weighted by Gasteiger charge is 2.35. The molecule has 0 aromatic heterocycles. The Bertz CT molecular complexity index is 983. The second kappa shape index (κ2) is 11.6. The summed E-state index contributed by atoms with van der Waals surface area (Å²) in [5.41, 5.74) is 0.245. The highest BCUT2D eigenvalue weighted by atomic mass is 79.9. The average molecular weight is 537 g/mol. The molecule has 0 saturated carbocycles. The number of amides is 2. The molecule has 1 aliphatic rings. The third-order valence-corrected chi connectivity index (χ3v) is 5.67. The predicted octanol–water partition coefficient (Wildman–Crippen LogP) is 5.62. The summed E-state index contributed by atoms with van der Waals surface area (Å²) in [4.78, 5) is 28.7. The molecule has 9 heteroatoms. The molecule has 0 aliphatic carbocycles. The minimum atomic E-state index is -0.648. The van der Waals surface area contributed by atoms with Crippen molar-refractivity contribution in [1.82, 2.24) is 9.80 Å². The maximum Gasteiger partial charge on any atom is 0.410 e. The summed E-state index contributed by atoms with van der Waals surface area (Å²) >= 11 is 3.22. The average Bonchev–Trinajstić information content (AvgIpc) is 2.78. The Morgan fingerprint density at radius 2 is 1.82 bits per heavy atom. The molecule has 2 amide bonds. The summed E-state index contributed by atoms with van der Waals surface area (Å²) in [6.45, 7) is 6.62. The van der Waals surface area contributed by atoms with Gasteiger partial charge in [-0.25, -0.2) is 14.0 Å². The molecule has 7 nitrogen and oxygen atoms in total. The molecule has 184 valence electrons. The predicted molar refractivity (Wildman–Crippen MR) is 129 cm³/mol. The lowest BCUT2D eigenvalue weighted by atomic mass is 10.1. The van der Waals surface area contributed by atoms with Crippen LogP contribution in [0.2, 0.25) is 0 Å². The normalized spacial score (nSPS) is 16.2. The third kappa shape index (κ3) is 7.62. The number of carbonyl (C=O) groups is 2. The van der Waals surface area contributed by atoms with Crippen LogP contribution in [0, 0.1) is 5.82 Å². The van der Waals surface area contributed by atoms with Crippen molar-refractivity contribution in [2.45, 2.75) is 45.4 Å². The zero-order valence-corrected chi connectivity index (χ0v) is 21.2. The van der Waals surface area contributed by atoms with E-state index in [0.717, 1.165) is 5.56 Å². The summed E-state index contributed by atoms with van der Waals surface area (Å²) in [5.74, 6) is -0.352. The van der Waals surface area contributed by atoms with Gasteiger partial charge in [-0.05, 0) is 44.5 Å². The third-order valence-electron chi connectivity index (χ3n) is 5.18. The number of hydrogen-bond acceptors (Lipinski definition) is 5. The molecule has 1 atom stereocenters. The molecule has 2 aromatic rings. The van der Waals surface area contributed by atoms with E-state index >= 15 is 0 Å². The quantitative estimate of drug-likeness (QED) is 0.479. The maximum absolute atomic E-state index is 14.1. The molecule has 1 heterocycles. The van der Waals surface area contributed by atoms with Crippen molar-refractivity contribution in [3.63, 3.8) is 0 Å². The summed E-state index contributed by atoms with van der Waals surface area (Å²) < 4.78 is 31.3. The number of piperazine rings is 1. The number of carbonyl (C=O) groups excluding carboxylic acids is 2. The molecule has 0 N–H and O–H groups in total. The molecule has 3 rings (SSSR count). The lowest BCUT2D eigenvalue weighted by molar-refractivity contribution is -0.00620. The molecule has 1 fully saturated rings. The molecule has 0 bridgehead atoms. The lowest BCUT2D eigenvalue weighted by Crippen LogP contribution is -2.57. The Morgan fingerprint density at radius 3 is 2.50 bits per heavy atom. The fourth-order valence-corrected chi connectivity index (χ4v) is 3.87. The van der Waals surface area contributed by atoms with Gasteiger partial charge in [-0.3, -0.25) is 0 Å². The van der Waals surface area contributed by atoms with Crippen LogP contribution < -0.4 is 4.74 Å². The van der Waals surface area contributed by atoms with Crippen molar-refractivity contribution in [3.8, 4) is 5.75 Å². The Labute approximate surface area is 207 Å². The minimum Gasteiger partial charge on any atom is -0.490 e. The first-order chi connectivity index (χ1) is 16.1. The van der Waals surface area contributed by atoms with Crippen LogP contribution >= 0.6 is 15.9 Å². The van der Waals surface area contributed by atoms with Gasteiger partial charge in [-0.15, -0.1) is 0 Å². The van der Waals surface area contributed by atoms with E-state index in [9.17, 15) is 14.0 Å². The monoisotopic (exact) mass is 536 g/mol. The van der Waals surface area contributed by atoms with E-state index in [0.29, 0.717) is 24.0 Å². The zero-order valence-electron chi connectivity index (χ0n) is 19.6. The van der Waals surface area contributed by atoms with Gasteiger partial charge in [0.25, 0.3) is 0 Å². The molecule has 1 saturated heterocycles. The first kappa shape index (κ1) is 25.8. The smallest absolute Gasteiger partial charge is 0.410 e. The van der Waals surface area contributed by atoms with Gasteiger partial charge < -0.3 is 24.0 Å². The van der Waals surface area contributed by atoms with Gasteiger partial charge in [-0.2, -0.15) is 0 Å². The van der Waals surface area contributed by atoms with Crippen LogP contribution in [-0.2, 0) is 16.1 Å². The second-order valence-corrected chi connectivity index (χ2v) is 9.94. The number of halogens is 2. The first-order valence-electron chi connectivity index (χ1n) is 11.2. The molecular weight excluding hydrogens is 507 g/mol. The van der Waals surface area contributed by atoms with Crippen molar-refractivity contribution in [2.24, 2.45) is 0 Å². The van der Waals surface area contributed by atoms with Gasteiger partial charge in [0.15, 0.2) is 11.6 Å². The van der Waals surface area contributed by atoms with Gasteiger partial charge in [0.1, 0.15) is 12.2 Å². The maximum atomic E-state index is 14.1. The summed E-state index contributed by atoms with van der Waals surface area (Å²) in [5, 5.41) is 0. The van der Waals surface area contributed by atoms with Crippen LogP contribution in [0.4, 0.5) is 14.0 Å². The standard InChI is InChI=1S/C25H30BrFN2O5/c1-25(2,3)34-24(31)29-13-12-28(23(30)33-17-18-7-5-4-6-8-18)16-20(29)11-14-32-22-10-9-19(26)15-21(22)27/h4-10,15,20H,11-14,16-17H2,1-3H3/t20-/m1/s1. The van der Waals surface area contributed by atoms with Gasteiger partial charge in [0, 0.05) is 30.5 Å².